The largest absolute Gasteiger partial charge is 0.461 e. The maximum Gasteiger partial charge on any atom is 0.355 e. The molecule has 1 saturated heterocycles. The lowest BCUT2D eigenvalue weighted by molar-refractivity contribution is -0.130. The number of H-pyrrole nitrogens is 1. The van der Waals surface area contributed by atoms with E-state index in [2.05, 4.69) is 10.3 Å². The van der Waals surface area contributed by atoms with Crippen LogP contribution in [-0.2, 0) is 15.1 Å². The van der Waals surface area contributed by atoms with E-state index >= 15 is 0 Å². The summed E-state index contributed by atoms with van der Waals surface area (Å²) in [6, 6.07) is 7.59. The molecule has 9 heteroatoms. The van der Waals surface area contributed by atoms with Crippen LogP contribution in [-0.4, -0.2) is 46.7 Å². The number of nitrogens with zero attached hydrogens (tertiary/aromatic N) is 2. The van der Waals surface area contributed by atoms with Gasteiger partial charge in [-0.25, -0.2) is 9.59 Å². The van der Waals surface area contributed by atoms with Gasteiger partial charge in [0.05, 0.1) is 24.8 Å². The number of rotatable bonds is 6. The zero-order valence-electron chi connectivity index (χ0n) is 17.7. The first-order valence-electron chi connectivity index (χ1n) is 9.68. The number of Topliss-reactive ketones (excluding diaryl/α,β-unsaturated/α-hetero) is 1. The zero-order chi connectivity index (χ0) is 22.9. The van der Waals surface area contributed by atoms with Crippen LogP contribution < -0.4 is 5.32 Å². The number of ketones is 1. The second-order valence-electron chi connectivity index (χ2n) is 7.40. The third kappa shape index (κ3) is 3.68. The van der Waals surface area contributed by atoms with Gasteiger partial charge in [0.25, 0.3) is 5.91 Å². The maximum absolute atomic E-state index is 13.1. The van der Waals surface area contributed by atoms with Crippen molar-refractivity contribution in [2.75, 3.05) is 13.2 Å². The first-order valence-corrected chi connectivity index (χ1v) is 9.68. The van der Waals surface area contributed by atoms with Crippen molar-refractivity contribution in [2.24, 2.45) is 0 Å². The van der Waals surface area contributed by atoms with Crippen molar-refractivity contribution in [1.82, 2.24) is 15.2 Å². The number of urea groups is 1. The number of benzene rings is 1. The predicted molar refractivity (Wildman–Crippen MR) is 109 cm³/mol. The Labute approximate surface area is 179 Å². The summed E-state index contributed by atoms with van der Waals surface area (Å²) in [7, 11) is 0. The van der Waals surface area contributed by atoms with Gasteiger partial charge in [-0.1, -0.05) is 12.1 Å². The molecule has 0 bridgehead atoms. The summed E-state index contributed by atoms with van der Waals surface area (Å²) in [5.74, 6) is -1.63. The number of nitriles is 1. The summed E-state index contributed by atoms with van der Waals surface area (Å²) >= 11 is 0. The Morgan fingerprint density at radius 3 is 2.42 bits per heavy atom. The number of nitrogens with one attached hydrogen (secondary N) is 2. The molecule has 160 valence electrons. The molecule has 0 aliphatic carbocycles. The van der Waals surface area contributed by atoms with E-state index in [0.717, 1.165) is 4.90 Å². The van der Waals surface area contributed by atoms with Crippen LogP contribution in [0.4, 0.5) is 4.79 Å². The average molecular weight is 422 g/mol. The van der Waals surface area contributed by atoms with Gasteiger partial charge < -0.3 is 15.0 Å². The smallest absolute Gasteiger partial charge is 0.355 e. The number of aryl methyl sites for hydroxylation is 1. The normalized spacial score (nSPS) is 18.0. The molecular formula is C22H22N4O5. The van der Waals surface area contributed by atoms with Crippen LogP contribution >= 0.6 is 0 Å². The minimum Gasteiger partial charge on any atom is -0.461 e. The van der Waals surface area contributed by atoms with Gasteiger partial charge in [0.2, 0.25) is 0 Å². The fraction of sp³-hybridized carbons (Fsp3) is 0.318. The number of carbonyl (C=O) groups is 4. The molecule has 1 aromatic heterocycles. The molecule has 0 unspecified atom stereocenters. The molecule has 1 aromatic carbocycles. The van der Waals surface area contributed by atoms with Crippen molar-refractivity contribution in [3.05, 3.63) is 57.9 Å². The molecule has 2 N–H and O–H groups in total. The predicted octanol–water partition coefficient (Wildman–Crippen LogP) is 2.33. The standard InChI is InChI=1S/C22H22N4O5/c1-5-31-19(28)18-12(2)17(13(3)24-18)16(27)11-26-20(29)22(4,25-21(26)30)15-8-6-14(10-23)7-9-15/h6-9,24H,5,11H2,1-4H3,(H,25,30)/t22-/m0/s1. The lowest BCUT2D eigenvalue weighted by atomic mass is 9.91. The summed E-state index contributed by atoms with van der Waals surface area (Å²) < 4.78 is 4.99. The van der Waals surface area contributed by atoms with E-state index in [9.17, 15) is 19.2 Å². The summed E-state index contributed by atoms with van der Waals surface area (Å²) in [5, 5.41) is 11.6. The van der Waals surface area contributed by atoms with Gasteiger partial charge in [-0.2, -0.15) is 5.26 Å². The van der Waals surface area contributed by atoms with Gasteiger partial charge in [-0.15, -0.1) is 0 Å². The Bertz CT molecular complexity index is 1130. The number of hydrogen-bond donors (Lipinski definition) is 2. The van der Waals surface area contributed by atoms with Gasteiger partial charge in [-0.05, 0) is 51.0 Å². The molecule has 3 amide bonds. The quantitative estimate of drug-likeness (QED) is 0.417. The van der Waals surface area contributed by atoms with Crippen molar-refractivity contribution in [3.63, 3.8) is 0 Å². The molecular weight excluding hydrogens is 400 g/mol. The number of amides is 3. The van der Waals surface area contributed by atoms with Crippen LogP contribution in [0.2, 0.25) is 0 Å². The average Bonchev–Trinajstić information content (AvgIpc) is 3.16. The number of imide groups is 1. The zero-order valence-corrected chi connectivity index (χ0v) is 17.7. The van der Waals surface area contributed by atoms with Crippen LogP contribution in [0.25, 0.3) is 0 Å². The number of aromatic amines is 1. The van der Waals surface area contributed by atoms with E-state index in [4.69, 9.17) is 10.00 Å². The fourth-order valence-electron chi connectivity index (χ4n) is 3.71. The van der Waals surface area contributed by atoms with Crippen LogP contribution in [0.1, 0.15) is 57.1 Å². The summed E-state index contributed by atoms with van der Waals surface area (Å²) in [6.07, 6.45) is 0. The first kappa shape index (κ1) is 21.8. The van der Waals surface area contributed by atoms with Crippen molar-refractivity contribution in [3.8, 4) is 6.07 Å². The highest BCUT2D eigenvalue weighted by atomic mass is 16.5. The Balaban J connectivity index is 1.86. The number of hydrogen-bond acceptors (Lipinski definition) is 6. The second-order valence-corrected chi connectivity index (χ2v) is 7.40. The van der Waals surface area contributed by atoms with Gasteiger partial charge in [0, 0.05) is 11.3 Å². The van der Waals surface area contributed by atoms with Crippen LogP contribution in [0.3, 0.4) is 0 Å². The molecule has 2 aromatic rings. The van der Waals surface area contributed by atoms with E-state index in [1.54, 1.807) is 52.0 Å². The van der Waals surface area contributed by atoms with E-state index < -0.39 is 35.8 Å². The topological polar surface area (TPSA) is 132 Å². The molecule has 31 heavy (non-hydrogen) atoms. The van der Waals surface area contributed by atoms with E-state index in [-0.39, 0.29) is 17.9 Å². The fourth-order valence-corrected chi connectivity index (χ4v) is 3.71. The SMILES string of the molecule is CCOC(=O)c1[nH]c(C)c(C(=O)CN2C(=O)N[C@@](C)(c3ccc(C#N)cc3)C2=O)c1C. The Morgan fingerprint density at radius 1 is 1.19 bits per heavy atom. The van der Waals surface area contributed by atoms with Crippen molar-refractivity contribution in [1.29, 1.82) is 5.26 Å². The molecule has 1 aliphatic rings. The molecule has 0 radical (unpaired) electrons. The first-order chi connectivity index (χ1) is 14.6. The lowest BCUT2D eigenvalue weighted by Gasteiger charge is -2.22. The molecule has 9 nitrogen and oxygen atoms in total. The monoisotopic (exact) mass is 422 g/mol. The molecule has 1 atom stereocenters. The highest BCUT2D eigenvalue weighted by Gasteiger charge is 2.49. The van der Waals surface area contributed by atoms with E-state index in [1.165, 1.54) is 0 Å². The van der Waals surface area contributed by atoms with Gasteiger partial charge in [0.15, 0.2) is 5.78 Å². The highest BCUT2D eigenvalue weighted by Crippen LogP contribution is 2.29. The molecule has 1 fully saturated rings. The molecule has 0 saturated carbocycles. The summed E-state index contributed by atoms with van der Waals surface area (Å²) in [5.41, 5.74) is 0.836. The Morgan fingerprint density at radius 2 is 1.84 bits per heavy atom. The van der Waals surface area contributed by atoms with Crippen molar-refractivity contribution in [2.45, 2.75) is 33.2 Å². The highest BCUT2D eigenvalue weighted by molar-refractivity contribution is 6.12. The Hall–Kier alpha value is -3.93. The van der Waals surface area contributed by atoms with Crippen molar-refractivity contribution >= 4 is 23.7 Å². The maximum atomic E-state index is 13.1. The van der Waals surface area contributed by atoms with E-state index in [1.807, 2.05) is 6.07 Å². The molecule has 1 aliphatic heterocycles. The molecule has 0 spiro atoms. The van der Waals surface area contributed by atoms with Gasteiger partial charge in [-0.3, -0.25) is 14.5 Å². The second kappa shape index (κ2) is 8.07. The van der Waals surface area contributed by atoms with Gasteiger partial charge in [0.1, 0.15) is 11.2 Å². The molecule has 3 rings (SSSR count). The number of esters is 1. The molecule has 2 heterocycles. The minimum absolute atomic E-state index is 0.169. The van der Waals surface area contributed by atoms with Crippen LogP contribution in [0, 0.1) is 25.2 Å². The lowest BCUT2D eigenvalue weighted by Crippen LogP contribution is -2.41. The van der Waals surface area contributed by atoms with Crippen LogP contribution in [0.5, 0.6) is 0 Å². The number of carbonyl (C=O) groups excluding carboxylic acids is 4. The van der Waals surface area contributed by atoms with Crippen molar-refractivity contribution < 1.29 is 23.9 Å². The third-order valence-electron chi connectivity index (χ3n) is 5.36. The number of ether oxygens (including phenoxy) is 1. The third-order valence-corrected chi connectivity index (χ3v) is 5.36. The van der Waals surface area contributed by atoms with Gasteiger partial charge >= 0.3 is 12.0 Å². The minimum atomic E-state index is -1.36. The number of aromatic nitrogens is 1. The van der Waals surface area contributed by atoms with E-state index in [0.29, 0.717) is 22.4 Å². The Kier molecular flexibility index (Phi) is 5.66. The summed E-state index contributed by atoms with van der Waals surface area (Å²) in [6.45, 7) is 6.18. The summed E-state index contributed by atoms with van der Waals surface area (Å²) in [4.78, 5) is 54.4. The van der Waals surface area contributed by atoms with Crippen LogP contribution in [0.15, 0.2) is 24.3 Å².